The summed E-state index contributed by atoms with van der Waals surface area (Å²) in [6.45, 7) is 0. The molecule has 16 heavy (non-hydrogen) atoms. The first-order valence-corrected chi connectivity index (χ1v) is 5.25. The molecule has 0 spiro atoms. The van der Waals surface area contributed by atoms with E-state index in [4.69, 9.17) is 5.73 Å². The Labute approximate surface area is 99.9 Å². The Morgan fingerprint density at radius 1 is 1.31 bits per heavy atom. The van der Waals surface area contributed by atoms with Crippen LogP contribution in [0.25, 0.3) is 0 Å². The Balaban J connectivity index is 2.24. The monoisotopic (exact) mass is 282 g/mol. The molecule has 0 unspecified atom stereocenters. The SMILES string of the molecule is Nc1ccnc(Nc2ccc(Br)c(F)c2)n1. The topological polar surface area (TPSA) is 63.8 Å². The van der Waals surface area contributed by atoms with Crippen molar-refractivity contribution in [2.75, 3.05) is 11.1 Å². The molecule has 2 rings (SSSR count). The number of hydrogen-bond acceptors (Lipinski definition) is 4. The predicted octanol–water partition coefficient (Wildman–Crippen LogP) is 2.70. The van der Waals surface area contributed by atoms with Gasteiger partial charge in [0.1, 0.15) is 11.6 Å². The van der Waals surface area contributed by atoms with Crippen molar-refractivity contribution >= 4 is 33.4 Å². The highest BCUT2D eigenvalue weighted by molar-refractivity contribution is 9.10. The van der Waals surface area contributed by atoms with E-state index < -0.39 is 0 Å². The third kappa shape index (κ3) is 2.46. The first-order valence-electron chi connectivity index (χ1n) is 4.46. The Bertz CT molecular complexity index is 518. The van der Waals surface area contributed by atoms with Gasteiger partial charge in [-0.2, -0.15) is 4.98 Å². The lowest BCUT2D eigenvalue weighted by atomic mass is 10.3. The molecule has 0 aliphatic heterocycles. The summed E-state index contributed by atoms with van der Waals surface area (Å²) in [6.07, 6.45) is 1.53. The average molecular weight is 283 g/mol. The van der Waals surface area contributed by atoms with E-state index >= 15 is 0 Å². The van der Waals surface area contributed by atoms with Gasteiger partial charge in [-0.05, 0) is 40.2 Å². The average Bonchev–Trinajstić information content (AvgIpc) is 2.24. The van der Waals surface area contributed by atoms with Gasteiger partial charge in [-0.1, -0.05) is 0 Å². The molecule has 4 nitrogen and oxygen atoms in total. The maximum Gasteiger partial charge on any atom is 0.229 e. The molecule has 0 saturated heterocycles. The zero-order valence-electron chi connectivity index (χ0n) is 8.11. The van der Waals surface area contributed by atoms with Gasteiger partial charge >= 0.3 is 0 Å². The number of aromatic nitrogens is 2. The van der Waals surface area contributed by atoms with Gasteiger partial charge in [-0.25, -0.2) is 9.37 Å². The number of rotatable bonds is 2. The lowest BCUT2D eigenvalue weighted by Gasteiger charge is -2.05. The number of benzene rings is 1. The van der Waals surface area contributed by atoms with Crippen LogP contribution in [0, 0.1) is 5.82 Å². The van der Waals surface area contributed by atoms with Crippen LogP contribution in [-0.4, -0.2) is 9.97 Å². The molecule has 0 amide bonds. The molecule has 2 aromatic rings. The molecular formula is C10H8BrFN4. The minimum absolute atomic E-state index is 0.335. The Morgan fingerprint density at radius 3 is 2.81 bits per heavy atom. The molecule has 0 aliphatic carbocycles. The second kappa shape index (κ2) is 4.44. The molecule has 0 aliphatic rings. The molecule has 6 heteroatoms. The van der Waals surface area contributed by atoms with E-state index in [2.05, 4.69) is 31.2 Å². The van der Waals surface area contributed by atoms with Crippen LogP contribution in [-0.2, 0) is 0 Å². The summed E-state index contributed by atoms with van der Waals surface area (Å²) < 4.78 is 13.6. The molecule has 3 N–H and O–H groups in total. The minimum Gasteiger partial charge on any atom is -0.384 e. The number of halogens is 2. The van der Waals surface area contributed by atoms with Crippen LogP contribution in [0.3, 0.4) is 0 Å². The van der Waals surface area contributed by atoms with Crippen LogP contribution in [0.2, 0.25) is 0 Å². The smallest absolute Gasteiger partial charge is 0.229 e. The molecule has 0 atom stereocenters. The molecule has 1 aromatic heterocycles. The highest BCUT2D eigenvalue weighted by Gasteiger charge is 2.02. The van der Waals surface area contributed by atoms with Gasteiger partial charge in [0.25, 0.3) is 0 Å². The van der Waals surface area contributed by atoms with E-state index in [9.17, 15) is 4.39 Å². The summed E-state index contributed by atoms with van der Waals surface area (Å²) in [5, 5.41) is 2.85. The van der Waals surface area contributed by atoms with Crippen molar-refractivity contribution in [1.29, 1.82) is 0 Å². The maximum absolute atomic E-state index is 13.2. The van der Waals surface area contributed by atoms with Crippen molar-refractivity contribution in [3.63, 3.8) is 0 Å². The lowest BCUT2D eigenvalue weighted by molar-refractivity contribution is 0.622. The fourth-order valence-electron chi connectivity index (χ4n) is 1.14. The Hall–Kier alpha value is -1.69. The maximum atomic E-state index is 13.2. The van der Waals surface area contributed by atoms with Crippen molar-refractivity contribution < 1.29 is 4.39 Å². The minimum atomic E-state index is -0.353. The van der Waals surface area contributed by atoms with Crippen LogP contribution >= 0.6 is 15.9 Å². The van der Waals surface area contributed by atoms with Gasteiger partial charge in [-0.15, -0.1) is 0 Å². The third-order valence-corrected chi connectivity index (χ3v) is 2.50. The largest absolute Gasteiger partial charge is 0.384 e. The lowest BCUT2D eigenvalue weighted by Crippen LogP contribution is -1.99. The number of hydrogen-bond donors (Lipinski definition) is 2. The fourth-order valence-corrected chi connectivity index (χ4v) is 1.38. The predicted molar refractivity (Wildman–Crippen MR) is 63.8 cm³/mol. The second-order valence-corrected chi connectivity index (χ2v) is 3.91. The third-order valence-electron chi connectivity index (χ3n) is 1.85. The molecule has 1 aromatic carbocycles. The number of anilines is 3. The first-order chi connectivity index (χ1) is 7.65. The fraction of sp³-hybridized carbons (Fsp3) is 0. The van der Waals surface area contributed by atoms with E-state index in [0.29, 0.717) is 21.9 Å². The zero-order valence-corrected chi connectivity index (χ0v) is 9.70. The summed E-state index contributed by atoms with van der Waals surface area (Å²) in [5.41, 5.74) is 6.05. The zero-order chi connectivity index (χ0) is 11.5. The molecule has 0 fully saturated rings. The van der Waals surface area contributed by atoms with Crippen molar-refractivity contribution in [1.82, 2.24) is 9.97 Å². The van der Waals surface area contributed by atoms with Crippen LogP contribution in [0.4, 0.5) is 21.8 Å². The summed E-state index contributed by atoms with van der Waals surface area (Å²) in [6, 6.07) is 6.23. The summed E-state index contributed by atoms with van der Waals surface area (Å²) in [7, 11) is 0. The molecule has 0 bridgehead atoms. The molecular weight excluding hydrogens is 275 g/mol. The quantitative estimate of drug-likeness (QED) is 0.889. The van der Waals surface area contributed by atoms with Crippen molar-refractivity contribution in [2.45, 2.75) is 0 Å². The van der Waals surface area contributed by atoms with Gasteiger partial charge in [0, 0.05) is 11.9 Å². The van der Waals surface area contributed by atoms with E-state index in [0.717, 1.165) is 0 Å². The summed E-state index contributed by atoms with van der Waals surface area (Å²) in [4.78, 5) is 7.89. The van der Waals surface area contributed by atoms with E-state index in [1.165, 1.54) is 12.3 Å². The van der Waals surface area contributed by atoms with Gasteiger partial charge in [0.2, 0.25) is 5.95 Å². The van der Waals surface area contributed by atoms with E-state index in [1.807, 2.05) is 0 Å². The number of nitrogens with two attached hydrogens (primary N) is 1. The van der Waals surface area contributed by atoms with Crippen LogP contribution in [0.1, 0.15) is 0 Å². The van der Waals surface area contributed by atoms with Crippen molar-refractivity contribution in [3.05, 3.63) is 40.8 Å². The van der Waals surface area contributed by atoms with Crippen LogP contribution in [0.5, 0.6) is 0 Å². The van der Waals surface area contributed by atoms with E-state index in [1.54, 1.807) is 18.2 Å². The number of nitrogen functional groups attached to an aromatic ring is 1. The highest BCUT2D eigenvalue weighted by Crippen LogP contribution is 2.21. The van der Waals surface area contributed by atoms with E-state index in [-0.39, 0.29) is 5.82 Å². The van der Waals surface area contributed by atoms with Crippen LogP contribution < -0.4 is 11.1 Å². The van der Waals surface area contributed by atoms with Gasteiger partial charge < -0.3 is 11.1 Å². The standard InChI is InChI=1S/C10H8BrFN4/c11-7-2-1-6(5-8(7)12)15-10-14-4-3-9(13)16-10/h1-5H,(H3,13,14,15,16). The molecule has 1 heterocycles. The van der Waals surface area contributed by atoms with Gasteiger partial charge in [0.05, 0.1) is 4.47 Å². The van der Waals surface area contributed by atoms with Gasteiger partial charge in [-0.3, -0.25) is 0 Å². The second-order valence-electron chi connectivity index (χ2n) is 3.06. The molecule has 82 valence electrons. The van der Waals surface area contributed by atoms with Gasteiger partial charge in [0.15, 0.2) is 0 Å². The van der Waals surface area contributed by atoms with Crippen molar-refractivity contribution in [3.8, 4) is 0 Å². The number of nitrogens with one attached hydrogen (secondary N) is 1. The normalized spacial score (nSPS) is 10.1. The van der Waals surface area contributed by atoms with Crippen molar-refractivity contribution in [2.24, 2.45) is 0 Å². The van der Waals surface area contributed by atoms with Crippen LogP contribution in [0.15, 0.2) is 34.9 Å². The molecule has 0 saturated carbocycles. The highest BCUT2D eigenvalue weighted by atomic mass is 79.9. The Kier molecular flexibility index (Phi) is 3.00. The molecule has 0 radical (unpaired) electrons. The first kappa shape index (κ1) is 10.8. The summed E-state index contributed by atoms with van der Waals surface area (Å²) in [5.74, 6) is 0.339. The number of nitrogens with zero attached hydrogens (tertiary/aromatic N) is 2. The summed E-state index contributed by atoms with van der Waals surface area (Å²) >= 11 is 3.07. The Morgan fingerprint density at radius 2 is 2.12 bits per heavy atom.